The molecule has 0 aliphatic carbocycles. The van der Waals surface area contributed by atoms with Gasteiger partial charge in [-0.3, -0.25) is 0 Å². The van der Waals surface area contributed by atoms with Gasteiger partial charge in [-0.25, -0.2) is 14.3 Å². The lowest BCUT2D eigenvalue weighted by molar-refractivity contribution is 0.147. The van der Waals surface area contributed by atoms with E-state index < -0.39 is 0 Å². The van der Waals surface area contributed by atoms with Crippen molar-refractivity contribution in [3.63, 3.8) is 0 Å². The van der Waals surface area contributed by atoms with Gasteiger partial charge >= 0.3 is 6.09 Å². The van der Waals surface area contributed by atoms with Gasteiger partial charge in [-0.05, 0) is 55.7 Å². The van der Waals surface area contributed by atoms with Gasteiger partial charge in [0, 0.05) is 23.1 Å². The maximum atomic E-state index is 12.7. The van der Waals surface area contributed by atoms with E-state index in [-0.39, 0.29) is 12.7 Å². The predicted molar refractivity (Wildman–Crippen MR) is 125 cm³/mol. The molecule has 0 radical (unpaired) electrons. The molecule has 0 amide bonds. The Morgan fingerprint density at radius 3 is 2.78 bits per heavy atom. The lowest BCUT2D eigenvalue weighted by Crippen LogP contribution is -2.16. The molecule has 0 aliphatic rings. The first kappa shape index (κ1) is 21.8. The Morgan fingerprint density at radius 2 is 1.97 bits per heavy atom. The maximum Gasteiger partial charge on any atom is 0.418 e. The Labute approximate surface area is 187 Å². The largest absolute Gasteiger partial charge is 0.487 e. The number of benzene rings is 2. The Kier molecular flexibility index (Phi) is 6.71. The number of hydrogen-bond donors (Lipinski definition) is 1. The summed E-state index contributed by atoms with van der Waals surface area (Å²) in [5.74, 6) is 0.683. The Morgan fingerprint density at radius 1 is 1.12 bits per heavy atom. The number of aliphatic hydroxyl groups is 1. The number of unbranched alkanes of at least 4 members (excludes halogenated alkanes) is 1. The van der Waals surface area contributed by atoms with Gasteiger partial charge in [0.2, 0.25) is 0 Å². The van der Waals surface area contributed by atoms with E-state index in [1.807, 2.05) is 61.5 Å². The second-order valence-corrected chi connectivity index (χ2v) is 7.80. The smallest absolute Gasteiger partial charge is 0.418 e. The van der Waals surface area contributed by atoms with Gasteiger partial charge < -0.3 is 14.6 Å². The van der Waals surface area contributed by atoms with Crippen LogP contribution in [0.4, 0.5) is 4.79 Å². The normalized spacial score (nSPS) is 11.2. The van der Waals surface area contributed by atoms with Gasteiger partial charge in [0.05, 0.1) is 23.3 Å². The van der Waals surface area contributed by atoms with E-state index in [4.69, 9.17) is 9.47 Å². The summed E-state index contributed by atoms with van der Waals surface area (Å²) in [5.41, 5.74) is 4.23. The maximum absolute atomic E-state index is 12.7. The van der Waals surface area contributed by atoms with Crippen molar-refractivity contribution in [3.8, 4) is 5.75 Å². The fourth-order valence-corrected chi connectivity index (χ4v) is 3.93. The summed E-state index contributed by atoms with van der Waals surface area (Å²) in [4.78, 5) is 17.4. The molecule has 1 N–H and O–H groups in total. The molecule has 6 heteroatoms. The number of rotatable bonds is 8. The zero-order chi connectivity index (χ0) is 22.5. The minimum Gasteiger partial charge on any atom is -0.487 e. The number of carbonyl (C=O) groups is 1. The van der Waals surface area contributed by atoms with Crippen LogP contribution in [0, 0.1) is 6.92 Å². The molecular formula is C26H28N2O4. The number of aromatic nitrogens is 2. The molecule has 0 atom stereocenters. The summed E-state index contributed by atoms with van der Waals surface area (Å²) >= 11 is 0. The van der Waals surface area contributed by atoms with Crippen LogP contribution in [0.3, 0.4) is 0 Å². The number of para-hydroxylation sites is 1. The minimum atomic E-state index is -0.390. The van der Waals surface area contributed by atoms with Crippen LogP contribution in [0.2, 0.25) is 0 Å². The fourth-order valence-electron chi connectivity index (χ4n) is 3.93. The summed E-state index contributed by atoms with van der Waals surface area (Å²) in [6.45, 7) is 4.66. The first-order chi connectivity index (χ1) is 15.6. The highest BCUT2D eigenvalue weighted by Crippen LogP contribution is 2.30. The number of pyridine rings is 1. The van der Waals surface area contributed by atoms with Crippen molar-refractivity contribution < 1.29 is 19.4 Å². The van der Waals surface area contributed by atoms with Gasteiger partial charge in [-0.2, -0.15) is 0 Å². The van der Waals surface area contributed by atoms with E-state index in [1.165, 1.54) is 0 Å². The minimum absolute atomic E-state index is 0.00305. The van der Waals surface area contributed by atoms with Crippen LogP contribution in [0.1, 0.15) is 36.7 Å². The van der Waals surface area contributed by atoms with Gasteiger partial charge in [0.25, 0.3) is 0 Å². The molecule has 0 aliphatic heterocycles. The fraction of sp³-hybridized carbons (Fsp3) is 0.308. The van der Waals surface area contributed by atoms with E-state index in [2.05, 4.69) is 11.9 Å². The number of hydrogen-bond acceptors (Lipinski definition) is 5. The van der Waals surface area contributed by atoms with Gasteiger partial charge in [0.1, 0.15) is 12.4 Å². The highest BCUT2D eigenvalue weighted by molar-refractivity contribution is 5.94. The van der Waals surface area contributed by atoms with E-state index in [1.54, 1.807) is 4.57 Å². The number of ether oxygens (including phenoxy) is 2. The lowest BCUT2D eigenvalue weighted by Gasteiger charge is -2.09. The van der Waals surface area contributed by atoms with E-state index >= 15 is 0 Å². The molecule has 0 fully saturated rings. The summed E-state index contributed by atoms with van der Waals surface area (Å²) in [6.07, 6.45) is 1.85. The molecule has 0 saturated carbocycles. The van der Waals surface area contributed by atoms with E-state index in [0.717, 1.165) is 51.6 Å². The molecule has 0 saturated heterocycles. The van der Waals surface area contributed by atoms with Crippen LogP contribution in [-0.2, 0) is 17.8 Å². The van der Waals surface area contributed by atoms with Crippen molar-refractivity contribution in [2.24, 2.45) is 0 Å². The third kappa shape index (κ3) is 4.46. The van der Waals surface area contributed by atoms with Gasteiger partial charge in [0.15, 0.2) is 0 Å². The van der Waals surface area contributed by atoms with Crippen molar-refractivity contribution in [2.75, 3.05) is 13.2 Å². The van der Waals surface area contributed by atoms with Crippen molar-refractivity contribution >= 4 is 27.9 Å². The first-order valence-electron chi connectivity index (χ1n) is 11.0. The van der Waals surface area contributed by atoms with Crippen LogP contribution in [0.5, 0.6) is 5.75 Å². The molecular weight excluding hydrogens is 404 g/mol. The monoisotopic (exact) mass is 432 g/mol. The third-order valence-electron chi connectivity index (χ3n) is 5.62. The highest BCUT2D eigenvalue weighted by Gasteiger charge is 2.20. The molecule has 2 aromatic carbocycles. The van der Waals surface area contributed by atoms with E-state index in [0.29, 0.717) is 25.4 Å². The van der Waals surface area contributed by atoms with Crippen LogP contribution in [0.25, 0.3) is 21.8 Å². The zero-order valence-electron chi connectivity index (χ0n) is 18.5. The van der Waals surface area contributed by atoms with Crippen molar-refractivity contribution in [1.82, 2.24) is 9.55 Å². The lowest BCUT2D eigenvalue weighted by atomic mass is 10.1. The van der Waals surface area contributed by atoms with Gasteiger partial charge in [-0.1, -0.05) is 37.6 Å². The second-order valence-electron chi connectivity index (χ2n) is 7.80. The predicted octanol–water partition coefficient (Wildman–Crippen LogP) is 5.40. The van der Waals surface area contributed by atoms with Crippen LogP contribution >= 0.6 is 0 Å². The van der Waals surface area contributed by atoms with Crippen LogP contribution in [-0.4, -0.2) is 34.0 Å². The third-order valence-corrected chi connectivity index (χ3v) is 5.62. The molecule has 4 aromatic rings. The molecule has 2 aromatic heterocycles. The highest BCUT2D eigenvalue weighted by atomic mass is 16.5. The van der Waals surface area contributed by atoms with Crippen molar-refractivity contribution in [2.45, 2.75) is 39.7 Å². The topological polar surface area (TPSA) is 73.6 Å². The molecule has 2 heterocycles. The quantitative estimate of drug-likeness (QED) is 0.378. The average Bonchev–Trinajstić information content (AvgIpc) is 3.08. The standard InChI is InChI=1S/C26H28N2O4/c1-3-4-15-31-26(30)28-18(2)22(13-14-29)23-16-21(11-12-25(23)28)32-17-20-10-9-19-7-5-6-8-24(19)27-20/h5-12,16,29H,3-4,13-15,17H2,1-2H3. The molecule has 4 rings (SSSR count). The number of carbonyl (C=O) groups excluding carboxylic acids is 1. The Bertz CT molecular complexity index is 1250. The molecule has 0 unspecified atom stereocenters. The average molecular weight is 433 g/mol. The van der Waals surface area contributed by atoms with Crippen LogP contribution in [0.15, 0.2) is 54.6 Å². The number of fused-ring (bicyclic) bond motifs is 2. The van der Waals surface area contributed by atoms with Crippen LogP contribution < -0.4 is 4.74 Å². The molecule has 0 spiro atoms. The summed E-state index contributed by atoms with van der Waals surface area (Å²) in [6, 6.07) is 17.6. The zero-order valence-corrected chi connectivity index (χ0v) is 18.5. The second kappa shape index (κ2) is 9.83. The number of nitrogens with zero attached hydrogens (tertiary/aromatic N) is 2. The Balaban J connectivity index is 1.60. The Hall–Kier alpha value is -3.38. The molecule has 6 nitrogen and oxygen atoms in total. The van der Waals surface area contributed by atoms with Crippen molar-refractivity contribution in [3.05, 3.63) is 71.5 Å². The van der Waals surface area contributed by atoms with Crippen molar-refractivity contribution in [1.29, 1.82) is 0 Å². The number of aliphatic hydroxyl groups excluding tert-OH is 1. The molecule has 166 valence electrons. The van der Waals surface area contributed by atoms with E-state index in [9.17, 15) is 9.90 Å². The summed E-state index contributed by atoms with van der Waals surface area (Å²) < 4.78 is 13.1. The van der Waals surface area contributed by atoms with Gasteiger partial charge in [-0.15, -0.1) is 0 Å². The molecule has 32 heavy (non-hydrogen) atoms. The summed E-state index contributed by atoms with van der Waals surface area (Å²) in [5, 5.41) is 11.5. The SMILES string of the molecule is CCCCOC(=O)n1c(C)c(CCO)c2cc(OCc3ccc4ccccc4n3)ccc21. The summed E-state index contributed by atoms with van der Waals surface area (Å²) in [7, 11) is 0. The molecule has 0 bridgehead atoms. The first-order valence-corrected chi connectivity index (χ1v) is 11.0.